The van der Waals surface area contributed by atoms with Crippen LogP contribution in [0.3, 0.4) is 0 Å². The number of nitro groups is 1. The van der Waals surface area contributed by atoms with E-state index < -0.39 is 4.92 Å². The Bertz CT molecular complexity index is 496. The summed E-state index contributed by atoms with van der Waals surface area (Å²) >= 11 is 0. The molecule has 16 heavy (non-hydrogen) atoms. The summed E-state index contributed by atoms with van der Waals surface area (Å²) in [5.41, 5.74) is 0.828. The van der Waals surface area contributed by atoms with Gasteiger partial charge in [0.25, 0.3) is 5.69 Å². The molecule has 6 nitrogen and oxygen atoms in total. The molecule has 0 N–H and O–H groups in total. The average Bonchev–Trinajstić information content (AvgIpc) is 2.59. The molecule has 0 aliphatic carbocycles. The molecule has 82 valence electrons. The summed E-state index contributed by atoms with van der Waals surface area (Å²) in [5, 5.41) is 16.0. The van der Waals surface area contributed by atoms with Gasteiger partial charge in [-0.15, -0.1) is 0 Å². The van der Waals surface area contributed by atoms with E-state index in [-0.39, 0.29) is 18.0 Å². The minimum atomic E-state index is -0.472. The Kier molecular flexibility index (Phi) is 2.40. The lowest BCUT2D eigenvalue weighted by Gasteiger charge is -2.00. The molecule has 1 aliphatic heterocycles. The Hall–Kier alpha value is -2.24. The fourth-order valence-corrected chi connectivity index (χ4v) is 1.56. The van der Waals surface area contributed by atoms with Crippen molar-refractivity contribution >= 4 is 17.3 Å². The smallest absolute Gasteiger partial charge is 0.273 e. The number of nitrogens with zero attached hydrogens (tertiary/aromatic N) is 3. The molecule has 6 heteroatoms. The molecule has 0 saturated heterocycles. The summed E-state index contributed by atoms with van der Waals surface area (Å²) in [6.45, 7) is 0. The van der Waals surface area contributed by atoms with Gasteiger partial charge >= 0.3 is 0 Å². The lowest BCUT2D eigenvalue weighted by Crippen LogP contribution is -2.14. The molecule has 0 unspecified atom stereocenters. The highest BCUT2D eigenvalue weighted by atomic mass is 16.6. The number of nitro benzene ring substituents is 1. The number of carbonyl (C=O) groups is 1. The highest BCUT2D eigenvalue weighted by Gasteiger charge is 2.26. The van der Waals surface area contributed by atoms with Crippen molar-refractivity contribution in [3.8, 4) is 0 Å². The highest BCUT2D eigenvalue weighted by molar-refractivity contribution is 6.15. The second-order valence-electron chi connectivity index (χ2n) is 3.42. The van der Waals surface area contributed by atoms with E-state index in [9.17, 15) is 14.9 Å². The fraction of sp³-hybridized carbons (Fsp3) is 0.200. The van der Waals surface area contributed by atoms with Crippen molar-refractivity contribution in [2.75, 3.05) is 7.05 Å². The van der Waals surface area contributed by atoms with Crippen LogP contribution in [0.1, 0.15) is 12.0 Å². The van der Waals surface area contributed by atoms with E-state index in [0.717, 1.165) is 0 Å². The van der Waals surface area contributed by atoms with Crippen molar-refractivity contribution in [3.63, 3.8) is 0 Å². The van der Waals surface area contributed by atoms with Crippen molar-refractivity contribution in [2.45, 2.75) is 6.42 Å². The molecule has 1 aliphatic rings. The second kappa shape index (κ2) is 3.73. The highest BCUT2D eigenvalue weighted by Crippen LogP contribution is 2.22. The number of amides is 1. The number of benzene rings is 1. The lowest BCUT2D eigenvalue weighted by atomic mass is 10.1. The Morgan fingerprint density at radius 1 is 1.44 bits per heavy atom. The molecular weight excluding hydrogens is 210 g/mol. The minimum Gasteiger partial charge on any atom is -0.273 e. The maximum Gasteiger partial charge on any atom is 0.278 e. The van der Waals surface area contributed by atoms with Gasteiger partial charge in [-0.1, -0.05) is 12.1 Å². The molecule has 1 amide bonds. The van der Waals surface area contributed by atoms with Crippen LogP contribution in [-0.2, 0) is 4.79 Å². The van der Waals surface area contributed by atoms with Crippen molar-refractivity contribution in [1.82, 2.24) is 5.01 Å². The number of para-hydroxylation sites is 1. The summed E-state index contributed by atoms with van der Waals surface area (Å²) in [5.74, 6) is -0.159. The van der Waals surface area contributed by atoms with Crippen molar-refractivity contribution in [2.24, 2.45) is 5.10 Å². The van der Waals surface area contributed by atoms with Gasteiger partial charge in [-0.3, -0.25) is 14.9 Å². The summed E-state index contributed by atoms with van der Waals surface area (Å²) < 4.78 is 0. The monoisotopic (exact) mass is 219 g/mol. The summed E-state index contributed by atoms with van der Waals surface area (Å²) in [4.78, 5) is 21.6. The molecular formula is C10H9N3O3. The van der Waals surface area contributed by atoms with E-state index in [1.54, 1.807) is 18.2 Å². The molecule has 1 heterocycles. The van der Waals surface area contributed by atoms with Crippen LogP contribution < -0.4 is 0 Å². The van der Waals surface area contributed by atoms with Crippen LogP contribution in [0.4, 0.5) is 5.69 Å². The van der Waals surface area contributed by atoms with Gasteiger partial charge in [-0.05, 0) is 6.07 Å². The van der Waals surface area contributed by atoms with E-state index in [0.29, 0.717) is 11.3 Å². The molecule has 0 atom stereocenters. The average molecular weight is 219 g/mol. The van der Waals surface area contributed by atoms with Crippen molar-refractivity contribution in [1.29, 1.82) is 0 Å². The van der Waals surface area contributed by atoms with E-state index in [1.165, 1.54) is 18.1 Å². The first-order chi connectivity index (χ1) is 7.59. The standard InChI is InChI=1S/C10H9N3O3/c1-12-10(14)6-8(11-12)7-4-2-3-5-9(7)13(15)16/h2-5H,6H2,1H3. The van der Waals surface area contributed by atoms with E-state index in [1.807, 2.05) is 0 Å². The molecule has 2 rings (SSSR count). The van der Waals surface area contributed by atoms with Crippen LogP contribution in [0.5, 0.6) is 0 Å². The fourth-order valence-electron chi connectivity index (χ4n) is 1.56. The van der Waals surface area contributed by atoms with Crippen LogP contribution >= 0.6 is 0 Å². The van der Waals surface area contributed by atoms with Gasteiger partial charge in [0, 0.05) is 13.1 Å². The first kappa shape index (κ1) is 10.3. The summed E-state index contributed by atoms with van der Waals surface area (Å²) in [6, 6.07) is 6.28. The molecule has 0 aromatic heterocycles. The first-order valence-corrected chi connectivity index (χ1v) is 4.67. The van der Waals surface area contributed by atoms with E-state index >= 15 is 0 Å². The maximum atomic E-state index is 11.3. The zero-order valence-electron chi connectivity index (χ0n) is 8.58. The normalized spacial score (nSPS) is 15.2. The molecule has 0 radical (unpaired) electrons. The Morgan fingerprint density at radius 2 is 2.12 bits per heavy atom. The third-order valence-electron chi connectivity index (χ3n) is 2.36. The van der Waals surface area contributed by atoms with Crippen LogP contribution in [0.2, 0.25) is 0 Å². The Balaban J connectivity index is 2.46. The number of carbonyl (C=O) groups excluding carboxylic acids is 1. The van der Waals surface area contributed by atoms with Gasteiger partial charge in [0.1, 0.15) is 0 Å². The number of rotatable bonds is 2. The number of hydrogen-bond donors (Lipinski definition) is 0. The van der Waals surface area contributed by atoms with Crippen molar-refractivity contribution in [3.05, 3.63) is 39.9 Å². The zero-order chi connectivity index (χ0) is 11.7. The molecule has 0 saturated carbocycles. The molecule has 1 aromatic carbocycles. The third kappa shape index (κ3) is 1.65. The van der Waals surface area contributed by atoms with Crippen LogP contribution in [-0.4, -0.2) is 28.6 Å². The van der Waals surface area contributed by atoms with Gasteiger partial charge < -0.3 is 0 Å². The quantitative estimate of drug-likeness (QED) is 0.553. The summed E-state index contributed by atoms with van der Waals surface area (Å²) in [7, 11) is 1.53. The van der Waals surface area contributed by atoms with Crippen molar-refractivity contribution < 1.29 is 9.72 Å². The maximum absolute atomic E-state index is 11.3. The molecule has 0 spiro atoms. The largest absolute Gasteiger partial charge is 0.278 e. The van der Waals surface area contributed by atoms with Gasteiger partial charge in [0.15, 0.2) is 0 Å². The van der Waals surface area contributed by atoms with E-state index in [2.05, 4.69) is 5.10 Å². The van der Waals surface area contributed by atoms with Gasteiger partial charge in [-0.25, -0.2) is 5.01 Å². The molecule has 0 bridgehead atoms. The SMILES string of the molecule is CN1N=C(c2ccccc2[N+](=O)[O-])CC1=O. The van der Waals surface area contributed by atoms with Gasteiger partial charge in [0.05, 0.1) is 22.6 Å². The number of hydrazone groups is 1. The molecule has 0 fully saturated rings. The van der Waals surface area contributed by atoms with E-state index in [4.69, 9.17) is 0 Å². The Labute approximate surface area is 91.3 Å². The van der Waals surface area contributed by atoms with Crippen LogP contribution in [0, 0.1) is 10.1 Å². The zero-order valence-corrected chi connectivity index (χ0v) is 8.58. The Morgan fingerprint density at radius 3 is 2.69 bits per heavy atom. The van der Waals surface area contributed by atoms with Crippen LogP contribution in [0.15, 0.2) is 29.4 Å². The topological polar surface area (TPSA) is 75.8 Å². The lowest BCUT2D eigenvalue weighted by molar-refractivity contribution is -0.385. The van der Waals surface area contributed by atoms with Crippen LogP contribution in [0.25, 0.3) is 0 Å². The number of hydrogen-bond acceptors (Lipinski definition) is 4. The minimum absolute atomic E-state index is 0.0237. The van der Waals surface area contributed by atoms with Gasteiger partial charge in [0.2, 0.25) is 5.91 Å². The first-order valence-electron chi connectivity index (χ1n) is 4.67. The third-order valence-corrected chi connectivity index (χ3v) is 2.36. The summed E-state index contributed by atoms with van der Waals surface area (Å²) in [6.07, 6.45) is 0.112. The second-order valence-corrected chi connectivity index (χ2v) is 3.42. The molecule has 1 aromatic rings. The predicted molar refractivity (Wildman–Crippen MR) is 57.0 cm³/mol. The van der Waals surface area contributed by atoms with Gasteiger partial charge in [-0.2, -0.15) is 5.10 Å². The predicted octanol–water partition coefficient (Wildman–Crippen LogP) is 1.16.